The minimum absolute atomic E-state index is 0.0446. The molecule has 1 fully saturated rings. The van der Waals surface area contributed by atoms with E-state index < -0.39 is 0 Å². The molecule has 4 rings (SSSR count). The van der Waals surface area contributed by atoms with E-state index >= 15 is 0 Å². The standard InChI is InChI=1S/C24H25FN2O3S/c1-29-20-6-4-5-18(13-20)15-26-9-11-27(12-10-26)24(28)23-14-19(17-31-23)16-30-22-8-3-2-7-21(22)25/h2-8,13-14,17H,9-12,15-16H2,1H3. The first-order valence-corrected chi connectivity index (χ1v) is 11.1. The Morgan fingerprint density at radius 2 is 1.84 bits per heavy atom. The van der Waals surface area contributed by atoms with Crippen molar-refractivity contribution in [3.8, 4) is 11.5 Å². The van der Waals surface area contributed by atoms with Crippen LogP contribution in [-0.4, -0.2) is 49.0 Å². The Morgan fingerprint density at radius 1 is 1.03 bits per heavy atom. The van der Waals surface area contributed by atoms with E-state index in [0.29, 0.717) is 18.0 Å². The Bertz CT molecular complexity index is 1030. The average Bonchev–Trinajstić information content (AvgIpc) is 3.28. The number of thiophene rings is 1. The van der Waals surface area contributed by atoms with Crippen molar-refractivity contribution >= 4 is 17.2 Å². The van der Waals surface area contributed by atoms with Gasteiger partial charge in [0.2, 0.25) is 0 Å². The largest absolute Gasteiger partial charge is 0.497 e. The zero-order valence-electron chi connectivity index (χ0n) is 17.4. The van der Waals surface area contributed by atoms with E-state index in [1.165, 1.54) is 23.0 Å². The maximum Gasteiger partial charge on any atom is 0.264 e. The molecule has 3 aromatic rings. The third-order valence-electron chi connectivity index (χ3n) is 5.30. The van der Waals surface area contributed by atoms with E-state index in [4.69, 9.17) is 9.47 Å². The van der Waals surface area contributed by atoms with Gasteiger partial charge >= 0.3 is 0 Å². The highest BCUT2D eigenvalue weighted by molar-refractivity contribution is 7.12. The Balaban J connectivity index is 1.28. The highest BCUT2D eigenvalue weighted by Crippen LogP contribution is 2.22. The predicted molar refractivity (Wildman–Crippen MR) is 119 cm³/mol. The summed E-state index contributed by atoms with van der Waals surface area (Å²) in [6.07, 6.45) is 0. The van der Waals surface area contributed by atoms with Crippen LogP contribution in [0.25, 0.3) is 0 Å². The lowest BCUT2D eigenvalue weighted by Crippen LogP contribution is -2.48. The molecule has 2 heterocycles. The van der Waals surface area contributed by atoms with Crippen molar-refractivity contribution in [1.29, 1.82) is 0 Å². The number of ether oxygens (including phenoxy) is 2. The number of halogens is 1. The maximum atomic E-state index is 13.7. The van der Waals surface area contributed by atoms with Crippen molar-refractivity contribution in [3.05, 3.63) is 81.8 Å². The van der Waals surface area contributed by atoms with Crippen molar-refractivity contribution in [3.63, 3.8) is 0 Å². The Hall–Kier alpha value is -2.90. The molecule has 1 aliphatic heterocycles. The molecule has 0 unspecified atom stereocenters. The monoisotopic (exact) mass is 440 g/mol. The summed E-state index contributed by atoms with van der Waals surface area (Å²) in [6, 6.07) is 16.2. The van der Waals surface area contributed by atoms with E-state index in [9.17, 15) is 9.18 Å². The van der Waals surface area contributed by atoms with Crippen molar-refractivity contribution < 1.29 is 18.7 Å². The van der Waals surface area contributed by atoms with Gasteiger partial charge in [0, 0.05) is 38.3 Å². The third-order valence-corrected chi connectivity index (χ3v) is 6.26. The summed E-state index contributed by atoms with van der Waals surface area (Å²) < 4.78 is 24.5. The predicted octanol–water partition coefficient (Wildman–Crippen LogP) is 4.43. The fourth-order valence-electron chi connectivity index (χ4n) is 3.58. The van der Waals surface area contributed by atoms with Crippen LogP contribution in [0.1, 0.15) is 20.8 Å². The molecular formula is C24H25FN2O3S. The number of nitrogens with zero attached hydrogens (tertiary/aromatic N) is 2. The van der Waals surface area contributed by atoms with Gasteiger partial charge < -0.3 is 14.4 Å². The lowest BCUT2D eigenvalue weighted by molar-refractivity contribution is 0.0633. The zero-order chi connectivity index (χ0) is 21.6. The highest BCUT2D eigenvalue weighted by atomic mass is 32.1. The van der Waals surface area contributed by atoms with E-state index in [2.05, 4.69) is 11.0 Å². The van der Waals surface area contributed by atoms with Crippen LogP contribution in [0.4, 0.5) is 4.39 Å². The van der Waals surface area contributed by atoms with Crippen LogP contribution in [0.2, 0.25) is 0 Å². The Labute approximate surface area is 185 Å². The number of carbonyl (C=O) groups is 1. The second kappa shape index (κ2) is 9.94. The fourth-order valence-corrected chi connectivity index (χ4v) is 4.44. The summed E-state index contributed by atoms with van der Waals surface area (Å²) >= 11 is 1.41. The Morgan fingerprint density at radius 3 is 2.61 bits per heavy atom. The molecule has 0 bridgehead atoms. The van der Waals surface area contributed by atoms with Crippen LogP contribution in [-0.2, 0) is 13.2 Å². The first-order valence-electron chi connectivity index (χ1n) is 10.2. The van der Waals surface area contributed by atoms with Crippen molar-refractivity contribution in [1.82, 2.24) is 9.80 Å². The van der Waals surface area contributed by atoms with E-state index in [-0.39, 0.29) is 24.1 Å². The molecule has 7 heteroatoms. The Kier molecular flexibility index (Phi) is 6.84. The van der Waals surface area contributed by atoms with Gasteiger partial charge in [-0.1, -0.05) is 24.3 Å². The van der Waals surface area contributed by atoms with Gasteiger partial charge in [0.25, 0.3) is 5.91 Å². The van der Waals surface area contributed by atoms with E-state index in [0.717, 1.165) is 30.9 Å². The molecule has 1 aliphatic rings. The molecule has 2 aromatic carbocycles. The number of amides is 1. The molecule has 31 heavy (non-hydrogen) atoms. The molecule has 0 aliphatic carbocycles. The zero-order valence-corrected chi connectivity index (χ0v) is 18.2. The molecule has 1 saturated heterocycles. The van der Waals surface area contributed by atoms with Gasteiger partial charge in [-0.15, -0.1) is 11.3 Å². The highest BCUT2D eigenvalue weighted by Gasteiger charge is 2.23. The first-order chi connectivity index (χ1) is 15.1. The molecule has 5 nitrogen and oxygen atoms in total. The molecule has 1 aromatic heterocycles. The van der Waals surface area contributed by atoms with Gasteiger partial charge in [0.05, 0.1) is 12.0 Å². The molecule has 0 atom stereocenters. The second-order valence-electron chi connectivity index (χ2n) is 7.46. The van der Waals surface area contributed by atoms with E-state index in [1.807, 2.05) is 34.5 Å². The minimum atomic E-state index is -0.388. The van der Waals surface area contributed by atoms with Gasteiger partial charge in [-0.2, -0.15) is 0 Å². The van der Waals surface area contributed by atoms with Gasteiger partial charge in [-0.3, -0.25) is 9.69 Å². The summed E-state index contributed by atoms with van der Waals surface area (Å²) in [5.41, 5.74) is 2.07. The summed E-state index contributed by atoms with van der Waals surface area (Å²) in [5.74, 6) is 0.733. The number of benzene rings is 2. The summed E-state index contributed by atoms with van der Waals surface area (Å²) in [6.45, 7) is 4.13. The normalized spacial score (nSPS) is 14.5. The molecule has 0 N–H and O–H groups in total. The second-order valence-corrected chi connectivity index (χ2v) is 8.37. The van der Waals surface area contributed by atoms with Gasteiger partial charge in [0.15, 0.2) is 11.6 Å². The molecule has 162 valence electrons. The quantitative estimate of drug-likeness (QED) is 0.545. The van der Waals surface area contributed by atoms with Crippen LogP contribution in [0.3, 0.4) is 0 Å². The molecule has 0 saturated carbocycles. The molecular weight excluding hydrogens is 415 g/mol. The lowest BCUT2D eigenvalue weighted by Gasteiger charge is -2.34. The topological polar surface area (TPSA) is 42.0 Å². The third kappa shape index (κ3) is 5.42. The van der Waals surface area contributed by atoms with E-state index in [1.54, 1.807) is 25.3 Å². The number of carbonyl (C=O) groups excluding carboxylic acids is 1. The van der Waals surface area contributed by atoms with Crippen molar-refractivity contribution in [2.24, 2.45) is 0 Å². The molecule has 0 spiro atoms. The van der Waals surface area contributed by atoms with Crippen molar-refractivity contribution in [2.45, 2.75) is 13.2 Å². The molecule has 0 radical (unpaired) electrons. The van der Waals surface area contributed by atoms with Crippen LogP contribution in [0, 0.1) is 5.82 Å². The van der Waals surface area contributed by atoms with Gasteiger partial charge in [0.1, 0.15) is 12.4 Å². The lowest BCUT2D eigenvalue weighted by atomic mass is 10.2. The smallest absolute Gasteiger partial charge is 0.264 e. The molecule has 1 amide bonds. The minimum Gasteiger partial charge on any atom is -0.497 e. The summed E-state index contributed by atoms with van der Waals surface area (Å²) in [4.78, 5) is 17.8. The number of hydrogen-bond donors (Lipinski definition) is 0. The van der Waals surface area contributed by atoms with Crippen LogP contribution in [0.5, 0.6) is 11.5 Å². The number of para-hydroxylation sites is 1. The van der Waals surface area contributed by atoms with Crippen molar-refractivity contribution in [2.75, 3.05) is 33.3 Å². The first kappa shape index (κ1) is 21.3. The SMILES string of the molecule is COc1cccc(CN2CCN(C(=O)c3cc(COc4ccccc4F)cs3)CC2)c1. The van der Waals surface area contributed by atoms with Gasteiger partial charge in [-0.25, -0.2) is 4.39 Å². The average molecular weight is 441 g/mol. The van der Waals surface area contributed by atoms with Gasteiger partial charge in [-0.05, 0) is 41.3 Å². The summed E-state index contributed by atoms with van der Waals surface area (Å²) in [5, 5.41) is 1.90. The summed E-state index contributed by atoms with van der Waals surface area (Å²) in [7, 11) is 1.67. The van der Waals surface area contributed by atoms with Crippen LogP contribution in [0.15, 0.2) is 60.0 Å². The number of methoxy groups -OCH3 is 1. The number of rotatable bonds is 7. The maximum absolute atomic E-state index is 13.7. The number of piperazine rings is 1. The fraction of sp³-hybridized carbons (Fsp3) is 0.292. The van der Waals surface area contributed by atoms with Crippen LogP contribution >= 0.6 is 11.3 Å². The van der Waals surface area contributed by atoms with Crippen LogP contribution < -0.4 is 9.47 Å². The number of hydrogen-bond acceptors (Lipinski definition) is 5.